The van der Waals surface area contributed by atoms with Crippen molar-refractivity contribution in [2.24, 2.45) is 0 Å². The molecule has 0 aliphatic rings. The minimum atomic E-state index is -1.96. The Labute approximate surface area is 67.2 Å². The smallest absolute Gasteiger partial charge is 0.509 e. The van der Waals surface area contributed by atoms with Gasteiger partial charge in [0.25, 0.3) is 0 Å². The third-order valence-electron chi connectivity index (χ3n) is 1.10. The van der Waals surface area contributed by atoms with E-state index in [1.165, 1.54) is 5.38 Å². The molecule has 3 nitrogen and oxygen atoms in total. The molecular weight excluding hydrogens is 170 g/mol. The van der Waals surface area contributed by atoms with Crippen molar-refractivity contribution in [2.45, 2.75) is 6.92 Å². The number of hydrogen-bond acceptors (Lipinski definition) is 4. The Balaban J connectivity index is 2.83. The number of thiophene rings is 1. The van der Waals surface area contributed by atoms with Gasteiger partial charge in [-0.05, 0) is 6.92 Å². The van der Waals surface area contributed by atoms with E-state index in [0.29, 0.717) is 4.88 Å². The average Bonchev–Trinajstić information content (AvgIpc) is 2.18. The first-order valence-corrected chi connectivity index (χ1v) is 3.75. The van der Waals surface area contributed by atoms with Crippen molar-refractivity contribution in [1.29, 1.82) is 0 Å². The first kappa shape index (κ1) is 8.51. The standard InChI is InChI=1S/C5H6BFO3S/c1-3-5(10-6(8)9)4(7)2-11-3/h2,8-9H,1H3. The van der Waals surface area contributed by atoms with Crippen molar-refractivity contribution in [3.63, 3.8) is 0 Å². The van der Waals surface area contributed by atoms with Crippen LogP contribution < -0.4 is 4.65 Å². The van der Waals surface area contributed by atoms with E-state index in [9.17, 15) is 4.39 Å². The maximum Gasteiger partial charge on any atom is 0.707 e. The first-order valence-electron chi connectivity index (χ1n) is 2.87. The van der Waals surface area contributed by atoms with Crippen LogP contribution >= 0.6 is 11.3 Å². The molecule has 0 saturated heterocycles. The SMILES string of the molecule is Cc1scc(F)c1OB(O)O. The maximum absolute atomic E-state index is 12.6. The van der Waals surface area contributed by atoms with E-state index in [0.717, 1.165) is 11.3 Å². The minimum Gasteiger partial charge on any atom is -0.509 e. The van der Waals surface area contributed by atoms with Gasteiger partial charge in [-0.1, -0.05) is 0 Å². The van der Waals surface area contributed by atoms with Crippen LogP contribution in [0.2, 0.25) is 0 Å². The Morgan fingerprint density at radius 2 is 2.27 bits per heavy atom. The van der Waals surface area contributed by atoms with Crippen molar-refractivity contribution in [1.82, 2.24) is 0 Å². The number of hydrogen-bond donors (Lipinski definition) is 2. The molecule has 0 radical (unpaired) electrons. The van der Waals surface area contributed by atoms with Crippen molar-refractivity contribution >= 4 is 18.7 Å². The van der Waals surface area contributed by atoms with Gasteiger partial charge in [0.05, 0.1) is 0 Å². The summed E-state index contributed by atoms with van der Waals surface area (Å²) in [6.45, 7) is 1.63. The molecular formula is C5H6BFO3S. The Bertz CT molecular complexity index is 230. The zero-order chi connectivity index (χ0) is 8.43. The fraction of sp³-hybridized carbons (Fsp3) is 0.200. The summed E-state index contributed by atoms with van der Waals surface area (Å²) in [5, 5.41) is 17.9. The highest BCUT2D eigenvalue weighted by atomic mass is 32.1. The molecule has 0 atom stereocenters. The highest BCUT2D eigenvalue weighted by Gasteiger charge is 2.17. The number of aryl methyl sites for hydroxylation is 1. The van der Waals surface area contributed by atoms with Gasteiger partial charge in [0.15, 0.2) is 11.6 Å². The van der Waals surface area contributed by atoms with Crippen LogP contribution in [0.15, 0.2) is 5.38 Å². The van der Waals surface area contributed by atoms with E-state index in [-0.39, 0.29) is 5.75 Å². The Kier molecular flexibility index (Phi) is 2.48. The third-order valence-corrected chi connectivity index (χ3v) is 1.96. The molecule has 6 heteroatoms. The molecule has 1 aromatic heterocycles. The molecule has 0 spiro atoms. The monoisotopic (exact) mass is 176 g/mol. The lowest BCUT2D eigenvalue weighted by Gasteiger charge is -2.02. The molecule has 2 N–H and O–H groups in total. The molecule has 0 aromatic carbocycles. The van der Waals surface area contributed by atoms with Gasteiger partial charge in [0.1, 0.15) is 0 Å². The maximum atomic E-state index is 12.6. The van der Waals surface area contributed by atoms with Gasteiger partial charge in [0.2, 0.25) is 0 Å². The second-order valence-corrected chi connectivity index (χ2v) is 3.00. The fourth-order valence-corrected chi connectivity index (χ4v) is 1.30. The second kappa shape index (κ2) is 3.21. The molecule has 0 saturated carbocycles. The Hall–Kier alpha value is -0.585. The van der Waals surface area contributed by atoms with Crippen LogP contribution in [0.1, 0.15) is 4.88 Å². The molecule has 1 heterocycles. The van der Waals surface area contributed by atoms with Gasteiger partial charge in [-0.2, -0.15) is 0 Å². The molecule has 1 aromatic rings. The van der Waals surface area contributed by atoms with Crippen molar-refractivity contribution < 1.29 is 19.1 Å². The number of halogens is 1. The van der Waals surface area contributed by atoms with Crippen LogP contribution in [-0.2, 0) is 0 Å². The molecule has 0 amide bonds. The van der Waals surface area contributed by atoms with E-state index < -0.39 is 13.1 Å². The number of rotatable bonds is 2. The molecule has 0 fully saturated rings. The second-order valence-electron chi connectivity index (χ2n) is 1.91. The predicted molar refractivity (Wildman–Crippen MR) is 39.8 cm³/mol. The van der Waals surface area contributed by atoms with Gasteiger partial charge in [0, 0.05) is 10.3 Å². The lowest BCUT2D eigenvalue weighted by atomic mass is 10.2. The largest absolute Gasteiger partial charge is 0.707 e. The highest BCUT2D eigenvalue weighted by Crippen LogP contribution is 2.27. The molecule has 0 bridgehead atoms. The molecule has 0 aliphatic carbocycles. The zero-order valence-electron chi connectivity index (χ0n) is 5.74. The molecule has 11 heavy (non-hydrogen) atoms. The lowest BCUT2D eigenvalue weighted by Crippen LogP contribution is -2.21. The normalized spacial score (nSPS) is 9.82. The van der Waals surface area contributed by atoms with Crippen LogP contribution in [0.3, 0.4) is 0 Å². The van der Waals surface area contributed by atoms with Gasteiger partial charge in [-0.3, -0.25) is 0 Å². The van der Waals surface area contributed by atoms with Crippen LogP contribution in [0.5, 0.6) is 5.75 Å². The Morgan fingerprint density at radius 3 is 2.64 bits per heavy atom. The summed E-state index contributed by atoms with van der Waals surface area (Å²) >= 11 is 1.15. The van der Waals surface area contributed by atoms with Gasteiger partial charge in [-0.15, -0.1) is 11.3 Å². The van der Waals surface area contributed by atoms with Crippen LogP contribution in [-0.4, -0.2) is 17.4 Å². The van der Waals surface area contributed by atoms with Crippen LogP contribution in [0.4, 0.5) is 4.39 Å². The van der Waals surface area contributed by atoms with Crippen molar-refractivity contribution in [2.75, 3.05) is 0 Å². The summed E-state index contributed by atoms with van der Waals surface area (Å²) in [7, 11) is -1.96. The first-order chi connectivity index (χ1) is 5.11. The highest BCUT2D eigenvalue weighted by molar-refractivity contribution is 7.10. The van der Waals surface area contributed by atoms with E-state index in [1.54, 1.807) is 6.92 Å². The van der Waals surface area contributed by atoms with Gasteiger partial charge in [-0.25, -0.2) is 4.39 Å². The summed E-state index contributed by atoms with van der Waals surface area (Å²) in [5.74, 6) is -0.661. The van der Waals surface area contributed by atoms with Crippen LogP contribution in [0, 0.1) is 12.7 Å². The average molecular weight is 176 g/mol. The molecule has 60 valence electrons. The zero-order valence-corrected chi connectivity index (χ0v) is 6.56. The van der Waals surface area contributed by atoms with E-state index in [2.05, 4.69) is 4.65 Å². The molecule has 1 rings (SSSR count). The van der Waals surface area contributed by atoms with E-state index in [4.69, 9.17) is 10.0 Å². The quantitative estimate of drug-likeness (QED) is 0.646. The van der Waals surface area contributed by atoms with E-state index in [1.807, 2.05) is 0 Å². The van der Waals surface area contributed by atoms with E-state index >= 15 is 0 Å². The Morgan fingerprint density at radius 1 is 1.64 bits per heavy atom. The molecule has 0 aliphatic heterocycles. The summed E-state index contributed by atoms with van der Waals surface area (Å²) in [6, 6.07) is 0. The lowest BCUT2D eigenvalue weighted by molar-refractivity contribution is 0.282. The topological polar surface area (TPSA) is 49.7 Å². The summed E-state index contributed by atoms with van der Waals surface area (Å²) in [5.41, 5.74) is 0. The predicted octanol–water partition coefficient (Wildman–Crippen LogP) is 0.544. The van der Waals surface area contributed by atoms with Crippen molar-refractivity contribution in [3.8, 4) is 5.75 Å². The van der Waals surface area contributed by atoms with Gasteiger partial charge >= 0.3 is 7.32 Å². The summed E-state index contributed by atoms with van der Waals surface area (Å²) in [4.78, 5) is 0.579. The summed E-state index contributed by atoms with van der Waals surface area (Å²) in [6.07, 6.45) is 0. The summed E-state index contributed by atoms with van der Waals surface area (Å²) < 4.78 is 17.0. The van der Waals surface area contributed by atoms with Crippen LogP contribution in [0.25, 0.3) is 0 Å². The third kappa shape index (κ3) is 1.92. The minimum absolute atomic E-state index is 0.0926. The molecule has 0 unspecified atom stereocenters. The van der Waals surface area contributed by atoms with Crippen molar-refractivity contribution in [3.05, 3.63) is 16.1 Å². The van der Waals surface area contributed by atoms with Gasteiger partial charge < -0.3 is 14.7 Å². The fourth-order valence-electron chi connectivity index (χ4n) is 0.660.